The van der Waals surface area contributed by atoms with E-state index in [2.05, 4.69) is 16.0 Å². The zero-order chi connectivity index (χ0) is 17.8. The summed E-state index contributed by atoms with van der Waals surface area (Å²) < 4.78 is 0. The van der Waals surface area contributed by atoms with Gasteiger partial charge in [-0.05, 0) is 62.3 Å². The molecule has 3 aliphatic rings. The third-order valence-corrected chi connectivity index (χ3v) is 7.82. The van der Waals surface area contributed by atoms with E-state index in [0.717, 1.165) is 50.5 Å². The second-order valence-corrected chi connectivity index (χ2v) is 9.17. The number of carbonyl (C=O) groups is 1. The second-order valence-electron chi connectivity index (χ2n) is 8.09. The Bertz CT molecular complexity index is 999. The van der Waals surface area contributed by atoms with Crippen LogP contribution in [0.25, 0.3) is 10.2 Å². The van der Waals surface area contributed by atoms with Crippen LogP contribution in [0.5, 0.6) is 0 Å². The average molecular weight is 367 g/mol. The predicted octanol–water partition coefficient (Wildman–Crippen LogP) is 3.48. The lowest BCUT2D eigenvalue weighted by Gasteiger charge is -2.22. The number of H-pyrrole nitrogens is 1. The first kappa shape index (κ1) is 16.2. The molecule has 1 N–H and O–H groups in total. The third-order valence-electron chi connectivity index (χ3n) is 6.63. The summed E-state index contributed by atoms with van der Waals surface area (Å²) in [5.74, 6) is 0.297. The molecule has 0 radical (unpaired) electrons. The number of nitrogens with zero attached hydrogens (tertiary/aromatic N) is 2. The van der Waals surface area contributed by atoms with E-state index in [-0.39, 0.29) is 23.1 Å². The molecule has 2 aromatic heterocycles. The highest BCUT2D eigenvalue weighted by Gasteiger charge is 2.45. The van der Waals surface area contributed by atoms with Gasteiger partial charge in [0.25, 0.3) is 5.56 Å². The summed E-state index contributed by atoms with van der Waals surface area (Å²) in [6, 6.07) is 2.13. The standard InChI is InChI=1S/C20H21N3O2S/c21-9-14(17(24)13-8-10-5-6-11(13)7-10)18-22-19(25)16-12-3-1-2-4-15(12)26-20(16)23-18/h10-11,13-14H,1-8H2,(H,22,23,25)/t10-,11-,13+,14-/m0/s1. The molecule has 2 aromatic rings. The van der Waals surface area contributed by atoms with Crippen molar-refractivity contribution in [3.05, 3.63) is 26.6 Å². The van der Waals surface area contributed by atoms with Crippen molar-refractivity contribution >= 4 is 27.3 Å². The summed E-state index contributed by atoms with van der Waals surface area (Å²) in [5.41, 5.74) is 0.940. The molecule has 6 heteroatoms. The van der Waals surface area contributed by atoms with Crippen LogP contribution in [-0.4, -0.2) is 15.8 Å². The normalized spacial score (nSPS) is 28.0. The minimum atomic E-state index is -0.949. The number of carbonyl (C=O) groups excluding carboxylic acids is 1. The van der Waals surface area contributed by atoms with E-state index in [1.807, 2.05) is 0 Å². The van der Waals surface area contributed by atoms with Gasteiger partial charge in [-0.15, -0.1) is 11.3 Å². The number of aryl methyl sites for hydroxylation is 2. The number of rotatable bonds is 3. The van der Waals surface area contributed by atoms with E-state index < -0.39 is 5.92 Å². The van der Waals surface area contributed by atoms with Gasteiger partial charge in [-0.1, -0.05) is 6.42 Å². The highest BCUT2D eigenvalue weighted by atomic mass is 32.1. The minimum Gasteiger partial charge on any atom is -0.308 e. The number of fused-ring (bicyclic) bond motifs is 5. The lowest BCUT2D eigenvalue weighted by molar-refractivity contribution is -0.124. The molecule has 134 valence electrons. The fourth-order valence-corrected chi connectivity index (χ4v) is 6.65. The van der Waals surface area contributed by atoms with E-state index in [1.165, 1.54) is 11.3 Å². The van der Waals surface area contributed by atoms with E-state index in [0.29, 0.717) is 22.1 Å². The number of aromatic nitrogens is 2. The number of thiophene rings is 1. The molecule has 4 atom stereocenters. The molecule has 5 nitrogen and oxygen atoms in total. The Morgan fingerprint density at radius 2 is 2.12 bits per heavy atom. The van der Waals surface area contributed by atoms with Crippen molar-refractivity contribution in [2.75, 3.05) is 0 Å². The molecule has 0 unspecified atom stereocenters. The summed E-state index contributed by atoms with van der Waals surface area (Å²) >= 11 is 1.56. The van der Waals surface area contributed by atoms with Crippen molar-refractivity contribution in [1.29, 1.82) is 5.26 Å². The Labute approximate surface area is 155 Å². The molecule has 0 amide bonds. The molecule has 0 aromatic carbocycles. The van der Waals surface area contributed by atoms with Crippen LogP contribution in [0.15, 0.2) is 4.79 Å². The van der Waals surface area contributed by atoms with Crippen LogP contribution in [0.3, 0.4) is 0 Å². The average Bonchev–Trinajstić information content (AvgIpc) is 3.35. The lowest BCUT2D eigenvalue weighted by Crippen LogP contribution is -2.28. The van der Waals surface area contributed by atoms with Crippen molar-refractivity contribution < 1.29 is 4.79 Å². The monoisotopic (exact) mass is 367 g/mol. The first-order valence-electron chi connectivity index (χ1n) is 9.63. The van der Waals surface area contributed by atoms with Crippen molar-refractivity contribution in [3.8, 4) is 6.07 Å². The number of aromatic amines is 1. The predicted molar refractivity (Wildman–Crippen MR) is 99.2 cm³/mol. The van der Waals surface area contributed by atoms with Gasteiger partial charge in [0, 0.05) is 10.8 Å². The number of hydrogen-bond acceptors (Lipinski definition) is 5. The lowest BCUT2D eigenvalue weighted by atomic mass is 9.81. The fourth-order valence-electron chi connectivity index (χ4n) is 5.38. The maximum absolute atomic E-state index is 13.0. The van der Waals surface area contributed by atoms with Crippen LogP contribution >= 0.6 is 11.3 Å². The molecular formula is C20H21N3O2S. The summed E-state index contributed by atoms with van der Waals surface area (Å²) in [4.78, 5) is 35.0. The molecular weight excluding hydrogens is 346 g/mol. The molecule has 5 rings (SSSR count). The molecule has 0 spiro atoms. The van der Waals surface area contributed by atoms with E-state index >= 15 is 0 Å². The quantitative estimate of drug-likeness (QED) is 0.900. The zero-order valence-corrected chi connectivity index (χ0v) is 15.4. The molecule has 0 saturated heterocycles. The number of nitriles is 1. The van der Waals surface area contributed by atoms with Crippen LogP contribution in [0.4, 0.5) is 0 Å². The van der Waals surface area contributed by atoms with Crippen molar-refractivity contribution in [3.63, 3.8) is 0 Å². The van der Waals surface area contributed by atoms with Crippen LogP contribution < -0.4 is 5.56 Å². The van der Waals surface area contributed by atoms with Gasteiger partial charge in [-0.2, -0.15) is 5.26 Å². The molecule has 2 heterocycles. The van der Waals surface area contributed by atoms with Gasteiger partial charge in [-0.3, -0.25) is 9.59 Å². The van der Waals surface area contributed by atoms with Crippen molar-refractivity contribution in [2.24, 2.45) is 17.8 Å². The summed E-state index contributed by atoms with van der Waals surface area (Å²) in [7, 11) is 0. The Hall–Kier alpha value is -2.00. The molecule has 0 aliphatic heterocycles. The number of Topliss-reactive ketones (excluding diaryl/α,β-unsaturated/α-hetero) is 1. The SMILES string of the molecule is N#C[C@@H](C(=O)[C@@H]1C[C@H]2CC[C@H]1C2)c1nc2sc3c(c2c(=O)[nH]1)CCCC3. The van der Waals surface area contributed by atoms with Crippen molar-refractivity contribution in [2.45, 2.75) is 57.3 Å². The van der Waals surface area contributed by atoms with E-state index in [1.54, 1.807) is 11.3 Å². The molecule has 26 heavy (non-hydrogen) atoms. The van der Waals surface area contributed by atoms with Crippen LogP contribution in [0.1, 0.15) is 60.7 Å². The first-order valence-corrected chi connectivity index (χ1v) is 10.4. The zero-order valence-electron chi connectivity index (χ0n) is 14.6. The third kappa shape index (κ3) is 2.37. The molecule has 3 aliphatic carbocycles. The Morgan fingerprint density at radius 1 is 1.27 bits per heavy atom. The van der Waals surface area contributed by atoms with Gasteiger partial charge >= 0.3 is 0 Å². The summed E-state index contributed by atoms with van der Waals surface area (Å²) in [5, 5.41) is 10.4. The topological polar surface area (TPSA) is 86.6 Å². The number of nitrogens with one attached hydrogen (secondary N) is 1. The van der Waals surface area contributed by atoms with Crippen LogP contribution in [0.2, 0.25) is 0 Å². The van der Waals surface area contributed by atoms with E-state index in [4.69, 9.17) is 0 Å². The van der Waals surface area contributed by atoms with Gasteiger partial charge in [0.05, 0.1) is 11.5 Å². The Balaban J connectivity index is 1.54. The fraction of sp³-hybridized carbons (Fsp3) is 0.600. The smallest absolute Gasteiger partial charge is 0.259 e. The largest absolute Gasteiger partial charge is 0.308 e. The summed E-state index contributed by atoms with van der Waals surface area (Å²) in [6.45, 7) is 0. The van der Waals surface area contributed by atoms with Crippen LogP contribution in [-0.2, 0) is 17.6 Å². The maximum atomic E-state index is 13.0. The highest BCUT2D eigenvalue weighted by molar-refractivity contribution is 7.18. The number of hydrogen-bond donors (Lipinski definition) is 1. The van der Waals surface area contributed by atoms with Gasteiger partial charge in [0.1, 0.15) is 10.7 Å². The second kappa shape index (κ2) is 6.02. The Kier molecular flexibility index (Phi) is 3.75. The first-order chi connectivity index (χ1) is 12.7. The van der Waals surface area contributed by atoms with Crippen LogP contribution in [0, 0.1) is 29.1 Å². The van der Waals surface area contributed by atoms with Gasteiger partial charge in [-0.25, -0.2) is 4.98 Å². The maximum Gasteiger partial charge on any atom is 0.259 e. The van der Waals surface area contributed by atoms with Gasteiger partial charge < -0.3 is 4.98 Å². The summed E-state index contributed by atoms with van der Waals surface area (Å²) in [6.07, 6.45) is 8.50. The van der Waals surface area contributed by atoms with Crippen molar-refractivity contribution in [1.82, 2.24) is 9.97 Å². The van der Waals surface area contributed by atoms with Gasteiger partial charge in [0.15, 0.2) is 11.7 Å². The minimum absolute atomic E-state index is 0.0315. The number of ketones is 1. The van der Waals surface area contributed by atoms with Gasteiger partial charge in [0.2, 0.25) is 0 Å². The Morgan fingerprint density at radius 3 is 2.85 bits per heavy atom. The highest BCUT2D eigenvalue weighted by Crippen LogP contribution is 2.49. The molecule has 2 saturated carbocycles. The molecule has 2 bridgehead atoms. The molecule has 2 fully saturated rings. The van der Waals surface area contributed by atoms with E-state index in [9.17, 15) is 14.9 Å².